The number of aryl methyl sites for hydroxylation is 1. The lowest BCUT2D eigenvalue weighted by Crippen LogP contribution is -2.42. The number of ether oxygens (including phenoxy) is 1. The summed E-state index contributed by atoms with van der Waals surface area (Å²) < 4.78 is 6.01. The Morgan fingerprint density at radius 3 is 2.57 bits per heavy atom. The zero-order chi connectivity index (χ0) is 30.0. The number of nitrogens with one attached hydrogen (secondary N) is 1. The molecule has 3 aromatic rings. The molecule has 1 unspecified atom stereocenters. The average Bonchev–Trinajstić information content (AvgIpc) is 3.41. The molecule has 5 rings (SSSR count). The molecule has 42 heavy (non-hydrogen) atoms. The minimum absolute atomic E-state index is 0.00199. The van der Waals surface area contributed by atoms with Crippen LogP contribution in [0, 0.1) is 23.7 Å². The minimum Gasteiger partial charge on any atom is -0.494 e. The van der Waals surface area contributed by atoms with Crippen LogP contribution in [-0.2, 0) is 9.59 Å². The predicted octanol–water partition coefficient (Wildman–Crippen LogP) is 5.92. The number of nitriles is 1. The molecule has 2 aromatic carbocycles. The Bertz CT molecular complexity index is 1620. The van der Waals surface area contributed by atoms with Gasteiger partial charge in [0.2, 0.25) is 11.0 Å². The third-order valence-corrected chi connectivity index (χ3v) is 9.20. The summed E-state index contributed by atoms with van der Waals surface area (Å²) >= 11 is 2.53. The Balaban J connectivity index is 1.41. The van der Waals surface area contributed by atoms with E-state index in [1.165, 1.54) is 23.1 Å². The molecule has 0 fully saturated rings. The number of benzene rings is 2. The second-order valence-electron chi connectivity index (χ2n) is 11.0. The van der Waals surface area contributed by atoms with Gasteiger partial charge in [-0.3, -0.25) is 14.5 Å². The van der Waals surface area contributed by atoms with E-state index in [9.17, 15) is 14.9 Å². The van der Waals surface area contributed by atoms with Gasteiger partial charge in [0, 0.05) is 23.4 Å². The number of allylic oxidation sites excluding steroid dienone is 3. The fourth-order valence-corrected chi connectivity index (χ4v) is 6.98. The maximum Gasteiger partial charge on any atom is 0.234 e. The van der Waals surface area contributed by atoms with E-state index < -0.39 is 5.92 Å². The van der Waals surface area contributed by atoms with Crippen LogP contribution in [0.3, 0.4) is 0 Å². The highest BCUT2D eigenvalue weighted by Gasteiger charge is 2.45. The van der Waals surface area contributed by atoms with Gasteiger partial charge >= 0.3 is 0 Å². The molecule has 1 aliphatic heterocycles. The molecular formula is C31H32N6O3S2. The van der Waals surface area contributed by atoms with Gasteiger partial charge in [-0.15, -0.1) is 10.2 Å². The van der Waals surface area contributed by atoms with Crippen molar-refractivity contribution >= 4 is 45.6 Å². The molecule has 0 radical (unpaired) electrons. The summed E-state index contributed by atoms with van der Waals surface area (Å²) in [5.41, 5.74) is 10.7. The van der Waals surface area contributed by atoms with Crippen molar-refractivity contribution in [2.45, 2.75) is 50.8 Å². The van der Waals surface area contributed by atoms with Crippen molar-refractivity contribution in [1.29, 1.82) is 5.26 Å². The van der Waals surface area contributed by atoms with Gasteiger partial charge in [-0.2, -0.15) is 5.26 Å². The van der Waals surface area contributed by atoms with Crippen LogP contribution in [0.4, 0.5) is 10.8 Å². The molecule has 1 aromatic heterocycles. The van der Waals surface area contributed by atoms with Crippen LogP contribution in [0.25, 0.3) is 0 Å². The van der Waals surface area contributed by atoms with Crippen molar-refractivity contribution < 1.29 is 14.3 Å². The topological polar surface area (TPSA) is 134 Å². The van der Waals surface area contributed by atoms with Crippen LogP contribution < -0.4 is 20.7 Å². The predicted molar refractivity (Wildman–Crippen MR) is 165 cm³/mol. The number of hydrogen-bond donors (Lipinski definition) is 2. The lowest BCUT2D eigenvalue weighted by atomic mass is 9.68. The fourth-order valence-electron chi connectivity index (χ4n) is 5.30. The Hall–Kier alpha value is -4.14. The lowest BCUT2D eigenvalue weighted by Gasteiger charge is -2.42. The second-order valence-corrected chi connectivity index (χ2v) is 13.2. The molecule has 11 heteroatoms. The number of amides is 1. The van der Waals surface area contributed by atoms with Gasteiger partial charge in [0.15, 0.2) is 10.1 Å². The summed E-state index contributed by atoms with van der Waals surface area (Å²) in [5.74, 6) is 0.388. The van der Waals surface area contributed by atoms with Gasteiger partial charge in [-0.05, 0) is 55.5 Å². The highest BCUT2D eigenvalue weighted by atomic mass is 32.2. The first kappa shape index (κ1) is 29.4. The Morgan fingerprint density at radius 1 is 1.19 bits per heavy atom. The average molecular weight is 601 g/mol. The number of thioether (sulfide) groups is 1. The molecule has 1 atom stereocenters. The van der Waals surface area contributed by atoms with E-state index in [2.05, 4.69) is 35.4 Å². The highest BCUT2D eigenvalue weighted by Crippen LogP contribution is 2.50. The number of carbonyl (C=O) groups excluding carboxylic acids is 2. The number of anilines is 2. The molecule has 0 bridgehead atoms. The summed E-state index contributed by atoms with van der Waals surface area (Å²) in [6.07, 6.45) is 0.962. The highest BCUT2D eigenvalue weighted by molar-refractivity contribution is 8.01. The Labute approximate surface area is 253 Å². The van der Waals surface area contributed by atoms with Crippen LogP contribution in [0.15, 0.2) is 75.5 Å². The van der Waals surface area contributed by atoms with E-state index >= 15 is 0 Å². The number of carbonyl (C=O) groups is 2. The lowest BCUT2D eigenvalue weighted by molar-refractivity contribution is -0.118. The smallest absolute Gasteiger partial charge is 0.234 e. The summed E-state index contributed by atoms with van der Waals surface area (Å²) in [4.78, 5) is 28.0. The molecule has 216 valence electrons. The molecule has 1 amide bonds. The van der Waals surface area contributed by atoms with Gasteiger partial charge in [0.05, 0.1) is 29.9 Å². The molecule has 1 aliphatic carbocycles. The quantitative estimate of drug-likeness (QED) is 0.302. The van der Waals surface area contributed by atoms with Crippen molar-refractivity contribution in [2.75, 3.05) is 22.6 Å². The van der Waals surface area contributed by atoms with Gasteiger partial charge in [0.25, 0.3) is 0 Å². The van der Waals surface area contributed by atoms with E-state index in [-0.39, 0.29) is 28.7 Å². The monoisotopic (exact) mass is 600 g/mol. The van der Waals surface area contributed by atoms with Crippen molar-refractivity contribution in [3.8, 4) is 11.8 Å². The molecule has 2 heterocycles. The summed E-state index contributed by atoms with van der Waals surface area (Å²) in [6.45, 7) is 8.59. The van der Waals surface area contributed by atoms with Gasteiger partial charge in [-0.1, -0.05) is 66.8 Å². The van der Waals surface area contributed by atoms with Gasteiger partial charge in [-0.25, -0.2) is 0 Å². The third kappa shape index (κ3) is 6.05. The normalized spacial score (nSPS) is 18.0. The number of hydrogen-bond acceptors (Lipinski definition) is 10. The van der Waals surface area contributed by atoms with Crippen LogP contribution >= 0.6 is 23.1 Å². The van der Waals surface area contributed by atoms with Crippen LogP contribution in [0.5, 0.6) is 5.75 Å². The van der Waals surface area contributed by atoms with E-state index in [1.807, 2.05) is 38.1 Å². The van der Waals surface area contributed by atoms with E-state index in [0.29, 0.717) is 45.8 Å². The molecule has 0 spiro atoms. The first-order valence-electron chi connectivity index (χ1n) is 13.6. The minimum atomic E-state index is -0.543. The number of aromatic nitrogens is 2. The molecule has 0 saturated heterocycles. The number of nitrogens with two attached hydrogens (primary N) is 1. The third-order valence-electron chi connectivity index (χ3n) is 7.15. The van der Waals surface area contributed by atoms with Crippen molar-refractivity contribution in [1.82, 2.24) is 10.2 Å². The summed E-state index contributed by atoms with van der Waals surface area (Å²) in [6, 6.07) is 17.3. The fraction of sp³-hybridized carbons (Fsp3) is 0.323. The summed E-state index contributed by atoms with van der Waals surface area (Å²) in [7, 11) is 0. The van der Waals surface area contributed by atoms with Crippen LogP contribution in [0.1, 0.15) is 50.7 Å². The maximum atomic E-state index is 13.7. The molecule has 2 aliphatic rings. The second kappa shape index (κ2) is 12.0. The largest absolute Gasteiger partial charge is 0.494 e. The molecular weight excluding hydrogens is 569 g/mol. The maximum absolute atomic E-state index is 13.7. The summed E-state index contributed by atoms with van der Waals surface area (Å²) in [5, 5.41) is 22.3. The molecule has 9 nitrogen and oxygen atoms in total. The number of ketones is 1. The zero-order valence-electron chi connectivity index (χ0n) is 23.9. The number of Topliss-reactive ketones (excluding diaryl/α,β-unsaturated/α-hetero) is 1. The Kier molecular flexibility index (Phi) is 8.38. The first-order valence-corrected chi connectivity index (χ1v) is 15.4. The van der Waals surface area contributed by atoms with Crippen molar-refractivity contribution in [2.24, 2.45) is 11.1 Å². The molecule has 0 saturated carbocycles. The van der Waals surface area contributed by atoms with Gasteiger partial charge in [0.1, 0.15) is 11.6 Å². The van der Waals surface area contributed by atoms with E-state index in [1.54, 1.807) is 29.2 Å². The van der Waals surface area contributed by atoms with Crippen molar-refractivity contribution in [3.05, 3.63) is 82.3 Å². The SMILES string of the molecule is CCOc1ccc(NC(=O)CSc2nnc(N3C(N)=C(C#N)C(c4ccc(C)cc4)C4=C3CC(C)(C)CC4=O)s2)cc1. The first-order chi connectivity index (χ1) is 20.1. The number of rotatable bonds is 8. The van der Waals surface area contributed by atoms with Crippen LogP contribution in [-0.4, -0.2) is 34.2 Å². The van der Waals surface area contributed by atoms with E-state index in [0.717, 1.165) is 22.6 Å². The number of nitrogens with zero attached hydrogens (tertiary/aromatic N) is 4. The zero-order valence-corrected chi connectivity index (χ0v) is 25.6. The standard InChI is InChI=1S/C31H32N6O3S2/c1-5-40-21-12-10-20(11-13-21)34-25(39)17-41-30-36-35-29(42-30)37-23-14-31(3,4)15-24(38)27(23)26(22(16-32)28(37)33)19-8-6-18(2)7-9-19/h6-13,26H,5,14-15,17,33H2,1-4H3,(H,34,39). The van der Waals surface area contributed by atoms with Crippen molar-refractivity contribution in [3.63, 3.8) is 0 Å². The van der Waals surface area contributed by atoms with Gasteiger partial charge < -0.3 is 15.8 Å². The Morgan fingerprint density at radius 2 is 1.90 bits per heavy atom. The molecule has 3 N–H and O–H groups in total. The van der Waals surface area contributed by atoms with E-state index in [4.69, 9.17) is 10.5 Å². The van der Waals surface area contributed by atoms with Crippen LogP contribution in [0.2, 0.25) is 0 Å².